The molecule has 1 heterocycles. The zero-order valence-corrected chi connectivity index (χ0v) is 12.1. The van der Waals surface area contributed by atoms with Gasteiger partial charge in [0.05, 0.1) is 6.10 Å². The number of hydrogen-bond donors (Lipinski definition) is 2. The van der Waals surface area contributed by atoms with Gasteiger partial charge < -0.3 is 15.3 Å². The highest BCUT2D eigenvalue weighted by molar-refractivity contribution is 4.83. The smallest absolute Gasteiger partial charge is 0.0791 e. The van der Waals surface area contributed by atoms with E-state index < -0.39 is 0 Å². The number of likely N-dealkylation sites (tertiary alicyclic amines) is 1. The molecule has 0 radical (unpaired) electrons. The van der Waals surface area contributed by atoms with Crippen molar-refractivity contribution < 1.29 is 5.11 Å². The van der Waals surface area contributed by atoms with Gasteiger partial charge in [-0.15, -0.1) is 0 Å². The zero-order valence-electron chi connectivity index (χ0n) is 12.1. The minimum Gasteiger partial charge on any atom is -0.390 e. The Bertz CT molecular complexity index is 239. The van der Waals surface area contributed by atoms with Crippen molar-refractivity contribution in [3.63, 3.8) is 0 Å². The number of rotatable bonds is 5. The zero-order chi connectivity index (χ0) is 13.0. The summed E-state index contributed by atoms with van der Waals surface area (Å²) in [6, 6.07) is 0.631. The Morgan fingerprint density at radius 3 is 2.44 bits per heavy atom. The molecule has 3 heteroatoms. The van der Waals surface area contributed by atoms with Crippen molar-refractivity contribution in [1.82, 2.24) is 10.2 Å². The number of aliphatic hydroxyl groups excluding tert-OH is 1. The van der Waals surface area contributed by atoms with Crippen LogP contribution >= 0.6 is 0 Å². The maximum atomic E-state index is 10.0. The Morgan fingerprint density at radius 2 is 1.83 bits per heavy atom. The van der Waals surface area contributed by atoms with E-state index in [1.54, 1.807) is 0 Å². The van der Waals surface area contributed by atoms with Crippen LogP contribution < -0.4 is 5.32 Å². The summed E-state index contributed by atoms with van der Waals surface area (Å²) >= 11 is 0. The monoisotopic (exact) mass is 254 g/mol. The highest BCUT2D eigenvalue weighted by atomic mass is 16.3. The molecule has 1 unspecified atom stereocenters. The van der Waals surface area contributed by atoms with E-state index >= 15 is 0 Å². The lowest BCUT2D eigenvalue weighted by molar-refractivity contribution is 0.113. The number of nitrogens with zero attached hydrogens (tertiary/aromatic N) is 1. The van der Waals surface area contributed by atoms with Gasteiger partial charge in [-0.2, -0.15) is 0 Å². The van der Waals surface area contributed by atoms with Gasteiger partial charge >= 0.3 is 0 Å². The van der Waals surface area contributed by atoms with Crippen LogP contribution in [0.25, 0.3) is 0 Å². The fourth-order valence-electron chi connectivity index (χ4n) is 3.23. The molecule has 0 bridgehead atoms. The Balaban J connectivity index is 1.59. The summed E-state index contributed by atoms with van der Waals surface area (Å²) in [4.78, 5) is 2.39. The molecule has 3 nitrogen and oxygen atoms in total. The molecule has 0 aromatic carbocycles. The Morgan fingerprint density at radius 1 is 1.22 bits per heavy atom. The third-order valence-corrected chi connectivity index (χ3v) is 4.65. The van der Waals surface area contributed by atoms with Gasteiger partial charge in [-0.3, -0.25) is 0 Å². The van der Waals surface area contributed by atoms with Gasteiger partial charge in [0, 0.05) is 19.1 Å². The maximum Gasteiger partial charge on any atom is 0.0791 e. The fourth-order valence-corrected chi connectivity index (χ4v) is 3.23. The lowest BCUT2D eigenvalue weighted by Gasteiger charge is -2.35. The number of β-amino-alcohol motifs (C(OH)–C–C–N with tert-alkyl or cyclic N) is 1. The highest BCUT2D eigenvalue weighted by Gasteiger charge is 2.26. The molecule has 1 aliphatic heterocycles. The summed E-state index contributed by atoms with van der Waals surface area (Å²) in [5, 5.41) is 13.6. The standard InChI is InChI=1S/C15H30N2O/c1-15(2)7-5-13(6-8-15)16-11-14(18)12-17-9-3-4-10-17/h13-14,16,18H,3-12H2,1-2H3. The Labute approximate surface area is 112 Å². The number of nitrogens with one attached hydrogen (secondary N) is 1. The van der Waals surface area contributed by atoms with Crippen LogP contribution in [0.1, 0.15) is 52.4 Å². The molecule has 1 aliphatic carbocycles. The average molecular weight is 254 g/mol. The third-order valence-electron chi connectivity index (χ3n) is 4.65. The van der Waals surface area contributed by atoms with Crippen LogP contribution in [0, 0.1) is 5.41 Å². The lowest BCUT2D eigenvalue weighted by atomic mass is 9.75. The largest absolute Gasteiger partial charge is 0.390 e. The number of aliphatic hydroxyl groups is 1. The molecule has 2 rings (SSSR count). The van der Waals surface area contributed by atoms with Crippen LogP contribution in [0.2, 0.25) is 0 Å². The van der Waals surface area contributed by atoms with E-state index in [4.69, 9.17) is 0 Å². The van der Waals surface area contributed by atoms with Gasteiger partial charge in [0.1, 0.15) is 0 Å². The molecule has 18 heavy (non-hydrogen) atoms. The van der Waals surface area contributed by atoms with E-state index in [1.807, 2.05) is 0 Å². The van der Waals surface area contributed by atoms with Crippen LogP contribution in [0.3, 0.4) is 0 Å². The maximum absolute atomic E-state index is 10.0. The number of hydrogen-bond acceptors (Lipinski definition) is 3. The lowest BCUT2D eigenvalue weighted by Crippen LogP contribution is -2.42. The molecule has 1 saturated carbocycles. The van der Waals surface area contributed by atoms with Crippen LogP contribution in [0.15, 0.2) is 0 Å². The second kappa shape index (κ2) is 6.36. The molecule has 106 valence electrons. The van der Waals surface area contributed by atoms with Gasteiger partial charge in [0.15, 0.2) is 0 Å². The van der Waals surface area contributed by atoms with E-state index in [1.165, 1.54) is 51.6 Å². The SMILES string of the molecule is CC1(C)CCC(NCC(O)CN2CCCC2)CC1. The van der Waals surface area contributed by atoms with E-state index in [2.05, 4.69) is 24.1 Å². The van der Waals surface area contributed by atoms with Crippen LogP contribution in [-0.2, 0) is 0 Å². The molecule has 2 N–H and O–H groups in total. The minimum absolute atomic E-state index is 0.196. The fraction of sp³-hybridized carbons (Fsp3) is 1.00. The Hall–Kier alpha value is -0.120. The van der Waals surface area contributed by atoms with Gasteiger partial charge in [-0.25, -0.2) is 0 Å². The van der Waals surface area contributed by atoms with Crippen molar-refractivity contribution in [2.75, 3.05) is 26.2 Å². The van der Waals surface area contributed by atoms with Crippen molar-refractivity contribution in [1.29, 1.82) is 0 Å². The van der Waals surface area contributed by atoms with Crippen molar-refractivity contribution >= 4 is 0 Å². The summed E-state index contributed by atoms with van der Waals surface area (Å²) in [5.74, 6) is 0. The average Bonchev–Trinajstić information content (AvgIpc) is 2.80. The van der Waals surface area contributed by atoms with Gasteiger partial charge in [0.2, 0.25) is 0 Å². The molecule has 0 aromatic heterocycles. The first kappa shape index (κ1) is 14.3. The van der Waals surface area contributed by atoms with E-state index in [-0.39, 0.29) is 6.10 Å². The van der Waals surface area contributed by atoms with Crippen LogP contribution in [0.5, 0.6) is 0 Å². The van der Waals surface area contributed by atoms with E-state index in [0.29, 0.717) is 11.5 Å². The van der Waals surface area contributed by atoms with Crippen LogP contribution in [-0.4, -0.2) is 48.3 Å². The van der Waals surface area contributed by atoms with Crippen molar-refractivity contribution in [3.8, 4) is 0 Å². The molecular weight excluding hydrogens is 224 g/mol. The van der Waals surface area contributed by atoms with E-state index in [9.17, 15) is 5.11 Å². The molecule has 0 amide bonds. The summed E-state index contributed by atoms with van der Waals surface area (Å²) in [5.41, 5.74) is 0.534. The summed E-state index contributed by atoms with van der Waals surface area (Å²) in [6.07, 6.45) is 7.57. The summed E-state index contributed by atoms with van der Waals surface area (Å²) in [7, 11) is 0. The molecule has 1 atom stereocenters. The first-order chi connectivity index (χ1) is 8.55. The van der Waals surface area contributed by atoms with E-state index in [0.717, 1.165) is 13.1 Å². The third kappa shape index (κ3) is 4.52. The van der Waals surface area contributed by atoms with Gasteiger partial charge in [0.25, 0.3) is 0 Å². The molecule has 2 fully saturated rings. The predicted molar refractivity (Wildman–Crippen MR) is 75.7 cm³/mol. The van der Waals surface area contributed by atoms with Crippen LogP contribution in [0.4, 0.5) is 0 Å². The Kier molecular flexibility index (Phi) is 5.05. The molecule has 0 aromatic rings. The summed E-state index contributed by atoms with van der Waals surface area (Å²) < 4.78 is 0. The molecule has 2 aliphatic rings. The van der Waals surface area contributed by atoms with Gasteiger partial charge in [-0.05, 0) is 57.0 Å². The quantitative estimate of drug-likeness (QED) is 0.788. The normalized spacial score (nSPS) is 27.5. The second-order valence-corrected chi connectivity index (χ2v) is 7.01. The predicted octanol–water partition coefficient (Wildman–Crippen LogP) is 2.00. The van der Waals surface area contributed by atoms with Gasteiger partial charge in [-0.1, -0.05) is 13.8 Å². The molecule has 1 saturated heterocycles. The van der Waals surface area contributed by atoms with Crippen molar-refractivity contribution in [2.45, 2.75) is 64.5 Å². The molecule has 0 spiro atoms. The molecular formula is C15H30N2O. The first-order valence-corrected chi connectivity index (χ1v) is 7.69. The second-order valence-electron chi connectivity index (χ2n) is 7.01. The first-order valence-electron chi connectivity index (χ1n) is 7.69. The topological polar surface area (TPSA) is 35.5 Å². The van der Waals surface area contributed by atoms with Crippen molar-refractivity contribution in [3.05, 3.63) is 0 Å². The minimum atomic E-state index is -0.196. The van der Waals surface area contributed by atoms with Crippen molar-refractivity contribution in [2.24, 2.45) is 5.41 Å². The highest BCUT2D eigenvalue weighted by Crippen LogP contribution is 2.34. The summed E-state index contributed by atoms with van der Waals surface area (Å²) in [6.45, 7) is 8.70.